The molecule has 0 aliphatic carbocycles. The summed E-state index contributed by atoms with van der Waals surface area (Å²) in [4.78, 5) is 14.7. The van der Waals surface area contributed by atoms with E-state index in [1.165, 1.54) is 30.2 Å². The third-order valence-electron chi connectivity index (χ3n) is 5.15. The fourth-order valence-electron chi connectivity index (χ4n) is 3.33. The summed E-state index contributed by atoms with van der Waals surface area (Å²) in [5.41, 5.74) is 1.08. The first-order chi connectivity index (χ1) is 15.9. The van der Waals surface area contributed by atoms with Gasteiger partial charge < -0.3 is 29.5 Å². The molecule has 2 rings (SSSR count). The summed E-state index contributed by atoms with van der Waals surface area (Å²) >= 11 is 0. The number of carbonyl (C=O) groups is 1. The number of hydrogen-bond acceptors (Lipinski definition) is 5. The number of rotatable bonds is 13. The molecule has 0 aromatic heterocycles. The molecule has 0 radical (unpaired) electrons. The summed E-state index contributed by atoms with van der Waals surface area (Å²) in [5, 5.41) is 12.4. The summed E-state index contributed by atoms with van der Waals surface area (Å²) < 4.78 is 30.4. The lowest BCUT2D eigenvalue weighted by Gasteiger charge is -2.26. The highest BCUT2D eigenvalue weighted by Crippen LogP contribution is 2.31. The van der Waals surface area contributed by atoms with Crippen molar-refractivity contribution in [3.8, 4) is 17.2 Å². The maximum atomic E-state index is 13.8. The molecule has 0 aliphatic rings. The number of carbonyl (C=O) groups excluding carboxylic acids is 1. The Morgan fingerprint density at radius 1 is 1.09 bits per heavy atom. The topological polar surface area (TPSA) is 80.3 Å². The summed E-state index contributed by atoms with van der Waals surface area (Å²) in [5.74, 6) is 1.04. The number of hydrogen-bond donors (Lipinski definition) is 2. The summed E-state index contributed by atoms with van der Waals surface area (Å²) in [6.45, 7) is 4.83. The minimum Gasteiger partial charge on any atom is -0.496 e. The number of amides is 2. The Labute approximate surface area is 195 Å². The largest absolute Gasteiger partial charge is 0.496 e. The fourth-order valence-corrected chi connectivity index (χ4v) is 3.33. The number of urea groups is 1. The van der Waals surface area contributed by atoms with Crippen molar-refractivity contribution in [2.24, 2.45) is 5.92 Å². The molecule has 0 fully saturated rings. The van der Waals surface area contributed by atoms with Gasteiger partial charge in [-0.3, -0.25) is 0 Å². The number of aliphatic hydroxyl groups excluding tert-OH is 1. The minimum atomic E-state index is -0.415. The number of anilines is 1. The van der Waals surface area contributed by atoms with E-state index in [2.05, 4.69) is 12.2 Å². The van der Waals surface area contributed by atoms with Crippen molar-refractivity contribution < 1.29 is 28.5 Å². The first kappa shape index (κ1) is 26.3. The molecule has 8 heteroatoms. The van der Waals surface area contributed by atoms with Crippen LogP contribution >= 0.6 is 0 Å². The third-order valence-corrected chi connectivity index (χ3v) is 5.15. The number of benzene rings is 2. The van der Waals surface area contributed by atoms with Gasteiger partial charge in [0, 0.05) is 30.5 Å². The van der Waals surface area contributed by atoms with Crippen molar-refractivity contribution >= 4 is 11.7 Å². The second-order valence-corrected chi connectivity index (χ2v) is 7.98. The molecular formula is C25H35FN2O5. The van der Waals surface area contributed by atoms with Crippen LogP contribution in [0.1, 0.15) is 38.7 Å². The molecule has 0 bridgehead atoms. The van der Waals surface area contributed by atoms with Gasteiger partial charge in [0.25, 0.3) is 0 Å². The number of methoxy groups -OCH3 is 2. The summed E-state index contributed by atoms with van der Waals surface area (Å²) in [6.07, 6.45) is 3.09. The molecule has 2 aromatic rings. The van der Waals surface area contributed by atoms with Crippen LogP contribution in [-0.2, 0) is 6.54 Å². The van der Waals surface area contributed by atoms with Crippen LogP contribution in [0.5, 0.6) is 17.2 Å². The molecule has 7 nitrogen and oxygen atoms in total. The predicted octanol–water partition coefficient (Wildman–Crippen LogP) is 5.07. The van der Waals surface area contributed by atoms with E-state index in [9.17, 15) is 14.3 Å². The normalized spacial score (nSPS) is 11.6. The zero-order valence-corrected chi connectivity index (χ0v) is 19.9. The molecule has 0 unspecified atom stereocenters. The molecule has 1 atom stereocenters. The van der Waals surface area contributed by atoms with Crippen LogP contribution in [0.3, 0.4) is 0 Å². The maximum Gasteiger partial charge on any atom is 0.322 e. The Balaban J connectivity index is 2.20. The van der Waals surface area contributed by atoms with Crippen LogP contribution < -0.4 is 19.5 Å². The maximum absolute atomic E-state index is 13.8. The van der Waals surface area contributed by atoms with E-state index < -0.39 is 5.82 Å². The van der Waals surface area contributed by atoms with Crippen LogP contribution in [0.25, 0.3) is 0 Å². The zero-order valence-electron chi connectivity index (χ0n) is 19.9. The second-order valence-electron chi connectivity index (χ2n) is 7.98. The zero-order chi connectivity index (χ0) is 24.2. The van der Waals surface area contributed by atoms with Crippen molar-refractivity contribution in [2.45, 2.75) is 39.7 Å². The van der Waals surface area contributed by atoms with Gasteiger partial charge in [0.1, 0.15) is 11.6 Å². The van der Waals surface area contributed by atoms with Crippen LogP contribution in [0, 0.1) is 11.7 Å². The number of halogens is 1. The average molecular weight is 463 g/mol. The fraction of sp³-hybridized carbons (Fsp3) is 0.480. The Kier molecular flexibility index (Phi) is 10.8. The second kappa shape index (κ2) is 13.5. The van der Waals surface area contributed by atoms with Gasteiger partial charge in [-0.25, -0.2) is 9.18 Å². The number of nitrogens with one attached hydrogen (secondary N) is 1. The van der Waals surface area contributed by atoms with Gasteiger partial charge in [0.2, 0.25) is 0 Å². The standard InChI is InChI=1S/C25H35FN2O5/c1-5-6-7-12-33-24-14-21(9-11-23(24)32-4)27-25(30)28(15-18(2)17-29)16-19-13-20(26)8-10-22(19)31-3/h8-11,13-14,18,29H,5-7,12,15-17H2,1-4H3,(H,27,30)/t18-/m1/s1. The highest BCUT2D eigenvalue weighted by atomic mass is 19.1. The number of unbranched alkanes of at least 4 members (excludes halogenated alkanes) is 2. The Morgan fingerprint density at radius 3 is 2.48 bits per heavy atom. The van der Waals surface area contributed by atoms with Crippen molar-refractivity contribution in [1.29, 1.82) is 0 Å². The molecule has 2 amide bonds. The third kappa shape index (κ3) is 8.13. The van der Waals surface area contributed by atoms with Gasteiger partial charge in [-0.05, 0) is 42.7 Å². The summed E-state index contributed by atoms with van der Waals surface area (Å²) in [6, 6.07) is 8.98. The first-order valence-electron chi connectivity index (χ1n) is 11.2. The smallest absolute Gasteiger partial charge is 0.322 e. The molecule has 0 heterocycles. The van der Waals surface area contributed by atoms with Crippen molar-refractivity contribution in [3.05, 3.63) is 47.8 Å². The average Bonchev–Trinajstić information content (AvgIpc) is 2.81. The van der Waals surface area contributed by atoms with E-state index in [0.717, 1.165) is 19.3 Å². The molecule has 0 saturated carbocycles. The predicted molar refractivity (Wildman–Crippen MR) is 127 cm³/mol. The molecule has 0 aliphatic heterocycles. The molecular weight excluding hydrogens is 427 g/mol. The Morgan fingerprint density at radius 2 is 1.82 bits per heavy atom. The van der Waals surface area contributed by atoms with Gasteiger partial charge >= 0.3 is 6.03 Å². The van der Waals surface area contributed by atoms with Gasteiger partial charge in [-0.1, -0.05) is 26.7 Å². The lowest BCUT2D eigenvalue weighted by Crippen LogP contribution is -2.38. The van der Waals surface area contributed by atoms with Gasteiger partial charge in [0.15, 0.2) is 11.5 Å². The molecule has 2 N–H and O–H groups in total. The van der Waals surface area contributed by atoms with E-state index in [-0.39, 0.29) is 31.6 Å². The van der Waals surface area contributed by atoms with Crippen LogP contribution in [0.15, 0.2) is 36.4 Å². The summed E-state index contributed by atoms with van der Waals surface area (Å²) in [7, 11) is 3.06. The number of nitrogens with zero attached hydrogens (tertiary/aromatic N) is 1. The van der Waals surface area contributed by atoms with Crippen molar-refractivity contribution in [1.82, 2.24) is 4.90 Å². The van der Waals surface area contributed by atoms with Gasteiger partial charge in [0.05, 0.1) is 27.4 Å². The highest BCUT2D eigenvalue weighted by molar-refractivity contribution is 5.89. The van der Waals surface area contributed by atoms with Gasteiger partial charge in [-0.15, -0.1) is 0 Å². The molecule has 182 valence electrons. The van der Waals surface area contributed by atoms with E-state index in [4.69, 9.17) is 14.2 Å². The molecule has 0 spiro atoms. The van der Waals surface area contributed by atoms with Crippen LogP contribution in [0.2, 0.25) is 0 Å². The molecule has 0 saturated heterocycles. The SMILES string of the molecule is CCCCCOc1cc(NC(=O)N(Cc2cc(F)ccc2OC)C[C@@H](C)CO)ccc1OC. The first-order valence-corrected chi connectivity index (χ1v) is 11.2. The monoisotopic (exact) mass is 462 g/mol. The van der Waals surface area contributed by atoms with Crippen molar-refractivity contribution in [3.63, 3.8) is 0 Å². The highest BCUT2D eigenvalue weighted by Gasteiger charge is 2.20. The van der Waals surface area contributed by atoms with Gasteiger partial charge in [-0.2, -0.15) is 0 Å². The minimum absolute atomic E-state index is 0.0810. The van der Waals surface area contributed by atoms with E-state index in [1.54, 1.807) is 25.3 Å². The molecule has 33 heavy (non-hydrogen) atoms. The lowest BCUT2D eigenvalue weighted by atomic mass is 10.1. The number of aliphatic hydroxyl groups is 1. The quantitative estimate of drug-likeness (QED) is 0.406. The van der Waals surface area contributed by atoms with Crippen LogP contribution in [0.4, 0.5) is 14.9 Å². The van der Waals surface area contributed by atoms with Crippen LogP contribution in [-0.4, -0.2) is 50.0 Å². The van der Waals surface area contributed by atoms with E-state index >= 15 is 0 Å². The van der Waals surface area contributed by atoms with Crippen molar-refractivity contribution in [2.75, 3.05) is 39.3 Å². The Hall–Kier alpha value is -3.00. The van der Waals surface area contributed by atoms with E-state index in [0.29, 0.717) is 35.1 Å². The lowest BCUT2D eigenvalue weighted by molar-refractivity contribution is 0.172. The Bertz CT molecular complexity index is 893. The van der Waals surface area contributed by atoms with E-state index in [1.807, 2.05) is 6.92 Å². The number of ether oxygens (including phenoxy) is 3. The molecule has 2 aromatic carbocycles.